The van der Waals surface area contributed by atoms with Crippen molar-refractivity contribution in [1.29, 1.82) is 0 Å². The van der Waals surface area contributed by atoms with Crippen molar-refractivity contribution in [3.63, 3.8) is 0 Å². The first-order chi connectivity index (χ1) is 11.2. The molecule has 0 spiro atoms. The van der Waals surface area contributed by atoms with Crippen LogP contribution in [-0.2, 0) is 0 Å². The van der Waals surface area contributed by atoms with Crippen LogP contribution >= 0.6 is 0 Å². The molecule has 0 aliphatic rings. The SMILES string of the molecule is Cc1cc(-c2cc(C)c(OCC(C)CC(C)(C)N)c(F)n2)ccn1. The first-order valence-electron chi connectivity index (χ1n) is 8.17. The van der Waals surface area contributed by atoms with Crippen LogP contribution in [-0.4, -0.2) is 22.1 Å². The van der Waals surface area contributed by atoms with Gasteiger partial charge in [-0.3, -0.25) is 4.98 Å². The van der Waals surface area contributed by atoms with Crippen LogP contribution in [0.3, 0.4) is 0 Å². The molecule has 2 aromatic rings. The van der Waals surface area contributed by atoms with E-state index in [0.717, 1.165) is 23.2 Å². The summed E-state index contributed by atoms with van der Waals surface area (Å²) in [5.41, 5.74) is 8.77. The summed E-state index contributed by atoms with van der Waals surface area (Å²) in [5, 5.41) is 0. The Morgan fingerprint density at radius 3 is 2.58 bits per heavy atom. The quantitative estimate of drug-likeness (QED) is 0.812. The maximum absolute atomic E-state index is 14.4. The first-order valence-corrected chi connectivity index (χ1v) is 8.17. The third-order valence-corrected chi connectivity index (χ3v) is 3.70. The number of halogens is 1. The van der Waals surface area contributed by atoms with E-state index >= 15 is 0 Å². The molecule has 0 aliphatic heterocycles. The number of rotatable bonds is 6. The minimum absolute atomic E-state index is 0.214. The van der Waals surface area contributed by atoms with Gasteiger partial charge in [-0.2, -0.15) is 4.39 Å². The average Bonchev–Trinajstić information content (AvgIpc) is 2.44. The van der Waals surface area contributed by atoms with E-state index in [2.05, 4.69) is 9.97 Å². The average molecular weight is 331 g/mol. The highest BCUT2D eigenvalue weighted by molar-refractivity contribution is 5.61. The van der Waals surface area contributed by atoms with E-state index in [1.165, 1.54) is 0 Å². The molecule has 0 saturated carbocycles. The van der Waals surface area contributed by atoms with E-state index in [0.29, 0.717) is 12.3 Å². The van der Waals surface area contributed by atoms with Crippen molar-refractivity contribution < 1.29 is 9.13 Å². The molecule has 2 N–H and O–H groups in total. The molecule has 24 heavy (non-hydrogen) atoms. The monoisotopic (exact) mass is 331 g/mol. The van der Waals surface area contributed by atoms with E-state index in [-0.39, 0.29) is 17.2 Å². The lowest BCUT2D eigenvalue weighted by molar-refractivity contribution is 0.218. The largest absolute Gasteiger partial charge is 0.488 e. The molecular weight excluding hydrogens is 305 g/mol. The van der Waals surface area contributed by atoms with E-state index < -0.39 is 5.95 Å². The fourth-order valence-corrected chi connectivity index (χ4v) is 2.83. The third kappa shape index (κ3) is 4.99. The van der Waals surface area contributed by atoms with E-state index in [1.807, 2.05) is 52.8 Å². The van der Waals surface area contributed by atoms with Gasteiger partial charge in [0.05, 0.1) is 12.3 Å². The zero-order valence-corrected chi connectivity index (χ0v) is 15.1. The molecule has 0 aliphatic carbocycles. The minimum atomic E-state index is -0.585. The van der Waals surface area contributed by atoms with Gasteiger partial charge < -0.3 is 10.5 Å². The van der Waals surface area contributed by atoms with Crippen molar-refractivity contribution in [2.24, 2.45) is 11.7 Å². The first kappa shape index (κ1) is 18.3. The van der Waals surface area contributed by atoms with E-state index in [9.17, 15) is 4.39 Å². The maximum atomic E-state index is 14.4. The summed E-state index contributed by atoms with van der Waals surface area (Å²) >= 11 is 0. The van der Waals surface area contributed by atoms with Gasteiger partial charge in [-0.1, -0.05) is 6.92 Å². The maximum Gasteiger partial charge on any atom is 0.256 e. The number of hydrogen-bond donors (Lipinski definition) is 1. The summed E-state index contributed by atoms with van der Waals surface area (Å²) in [7, 11) is 0. The Morgan fingerprint density at radius 1 is 1.29 bits per heavy atom. The summed E-state index contributed by atoms with van der Waals surface area (Å²) in [6.45, 7) is 10.1. The Kier molecular flexibility index (Phi) is 5.54. The second kappa shape index (κ2) is 7.26. The molecule has 0 radical (unpaired) electrons. The number of aryl methyl sites for hydroxylation is 2. The second-order valence-electron chi connectivity index (χ2n) is 7.24. The molecule has 2 heterocycles. The van der Waals surface area contributed by atoms with Crippen LogP contribution < -0.4 is 10.5 Å². The van der Waals surface area contributed by atoms with Crippen LogP contribution in [0.15, 0.2) is 24.4 Å². The molecule has 5 heteroatoms. The molecule has 0 amide bonds. The highest BCUT2D eigenvalue weighted by Gasteiger charge is 2.18. The number of aromatic nitrogens is 2. The Labute approximate surface area is 143 Å². The molecule has 0 aromatic carbocycles. The van der Waals surface area contributed by atoms with Gasteiger partial charge in [0.2, 0.25) is 0 Å². The standard InChI is InChI=1S/C19H26FN3O/c1-12(10-19(4,5)21)11-24-17-13(2)8-16(23-18(17)20)15-6-7-22-14(3)9-15/h6-9,12H,10-11,21H2,1-5H3. The highest BCUT2D eigenvalue weighted by atomic mass is 19.1. The van der Waals surface area contributed by atoms with Gasteiger partial charge in [0.1, 0.15) is 0 Å². The van der Waals surface area contributed by atoms with Crippen LogP contribution in [0.25, 0.3) is 11.3 Å². The lowest BCUT2D eigenvalue weighted by Gasteiger charge is -2.23. The van der Waals surface area contributed by atoms with Crippen molar-refractivity contribution in [3.8, 4) is 17.0 Å². The molecule has 0 fully saturated rings. The Morgan fingerprint density at radius 2 is 2.00 bits per heavy atom. The lowest BCUT2D eigenvalue weighted by atomic mass is 9.93. The summed E-state index contributed by atoms with van der Waals surface area (Å²) in [6.07, 6.45) is 2.50. The lowest BCUT2D eigenvalue weighted by Crippen LogP contribution is -2.35. The number of pyridine rings is 2. The van der Waals surface area contributed by atoms with Crippen LogP contribution in [0.2, 0.25) is 0 Å². The fraction of sp³-hybridized carbons (Fsp3) is 0.474. The van der Waals surface area contributed by atoms with Crippen molar-refractivity contribution in [2.45, 2.75) is 46.6 Å². The summed E-state index contributed by atoms with van der Waals surface area (Å²) in [6, 6.07) is 5.54. The van der Waals surface area contributed by atoms with Gasteiger partial charge in [-0.05, 0) is 63.8 Å². The van der Waals surface area contributed by atoms with E-state index in [1.54, 1.807) is 6.20 Å². The minimum Gasteiger partial charge on any atom is -0.488 e. The van der Waals surface area contributed by atoms with Gasteiger partial charge in [0, 0.05) is 23.0 Å². The van der Waals surface area contributed by atoms with Crippen LogP contribution in [0.4, 0.5) is 4.39 Å². The van der Waals surface area contributed by atoms with Crippen molar-refractivity contribution in [1.82, 2.24) is 9.97 Å². The fourth-order valence-electron chi connectivity index (χ4n) is 2.83. The number of ether oxygens (including phenoxy) is 1. The highest BCUT2D eigenvalue weighted by Crippen LogP contribution is 2.27. The van der Waals surface area contributed by atoms with Crippen molar-refractivity contribution >= 4 is 0 Å². The second-order valence-corrected chi connectivity index (χ2v) is 7.24. The molecular formula is C19H26FN3O. The smallest absolute Gasteiger partial charge is 0.256 e. The predicted molar refractivity (Wildman–Crippen MR) is 94.4 cm³/mol. The van der Waals surface area contributed by atoms with Gasteiger partial charge in [0.25, 0.3) is 5.95 Å². The normalized spacial score (nSPS) is 13.0. The Hall–Kier alpha value is -2.01. The van der Waals surface area contributed by atoms with Gasteiger partial charge in [-0.15, -0.1) is 0 Å². The van der Waals surface area contributed by atoms with Crippen LogP contribution in [0.5, 0.6) is 5.75 Å². The van der Waals surface area contributed by atoms with Crippen LogP contribution in [0.1, 0.15) is 38.4 Å². The van der Waals surface area contributed by atoms with Crippen molar-refractivity contribution in [3.05, 3.63) is 41.6 Å². The van der Waals surface area contributed by atoms with E-state index in [4.69, 9.17) is 10.5 Å². The van der Waals surface area contributed by atoms with Gasteiger partial charge in [0.15, 0.2) is 5.75 Å². The number of nitrogens with zero attached hydrogens (tertiary/aromatic N) is 2. The molecule has 2 rings (SSSR count). The van der Waals surface area contributed by atoms with Gasteiger partial charge >= 0.3 is 0 Å². The topological polar surface area (TPSA) is 61.0 Å². The molecule has 130 valence electrons. The zero-order valence-electron chi connectivity index (χ0n) is 15.1. The number of hydrogen-bond acceptors (Lipinski definition) is 4. The van der Waals surface area contributed by atoms with Crippen LogP contribution in [0, 0.1) is 25.7 Å². The molecule has 4 nitrogen and oxygen atoms in total. The Bertz CT molecular complexity index is 687. The third-order valence-electron chi connectivity index (χ3n) is 3.70. The number of nitrogens with two attached hydrogens (primary N) is 1. The van der Waals surface area contributed by atoms with Gasteiger partial charge in [-0.25, -0.2) is 4.98 Å². The summed E-state index contributed by atoms with van der Waals surface area (Å²) in [5.74, 6) is -0.142. The molecule has 2 aromatic heterocycles. The van der Waals surface area contributed by atoms with Crippen molar-refractivity contribution in [2.75, 3.05) is 6.61 Å². The molecule has 0 bridgehead atoms. The molecule has 1 unspecified atom stereocenters. The molecule has 1 atom stereocenters. The Balaban J connectivity index is 2.16. The molecule has 0 saturated heterocycles. The summed E-state index contributed by atoms with van der Waals surface area (Å²) in [4.78, 5) is 8.20. The predicted octanol–water partition coefficient (Wildman–Crippen LogP) is 4.04. The zero-order chi connectivity index (χ0) is 17.9. The summed E-state index contributed by atoms with van der Waals surface area (Å²) < 4.78 is 20.1.